The fourth-order valence-electron chi connectivity index (χ4n) is 2.62. The Kier molecular flexibility index (Phi) is 7.09. The van der Waals surface area contributed by atoms with Crippen LogP contribution in [-0.4, -0.2) is 32.1 Å². The summed E-state index contributed by atoms with van der Waals surface area (Å²) in [6.45, 7) is 9.87. The monoisotopic (exact) mass is 372 g/mol. The summed E-state index contributed by atoms with van der Waals surface area (Å²) in [7, 11) is 1.41. The molecule has 0 aliphatic carbocycles. The highest BCUT2D eigenvalue weighted by Gasteiger charge is 2.13. The summed E-state index contributed by atoms with van der Waals surface area (Å²) in [6.07, 6.45) is 2.65. The molecule has 2 aromatic rings. The number of thiophene rings is 1. The Bertz CT molecular complexity index is 865. The van der Waals surface area contributed by atoms with Crippen LogP contribution < -0.4 is 4.74 Å². The molecular formula is C20H24N2O3S. The van der Waals surface area contributed by atoms with Crippen molar-refractivity contribution in [3.8, 4) is 5.75 Å². The van der Waals surface area contributed by atoms with E-state index in [1.807, 2.05) is 38.3 Å². The van der Waals surface area contributed by atoms with Gasteiger partial charge >= 0.3 is 5.97 Å². The first-order valence-corrected chi connectivity index (χ1v) is 9.20. The molecule has 1 aromatic carbocycles. The summed E-state index contributed by atoms with van der Waals surface area (Å²) < 4.78 is 11.8. The number of esters is 1. The summed E-state index contributed by atoms with van der Waals surface area (Å²) >= 11 is 1.63. The minimum atomic E-state index is -0.228. The molecule has 0 radical (unpaired) electrons. The molecule has 1 heterocycles. The van der Waals surface area contributed by atoms with E-state index in [1.54, 1.807) is 17.5 Å². The highest BCUT2D eigenvalue weighted by Crippen LogP contribution is 2.34. The van der Waals surface area contributed by atoms with Crippen LogP contribution in [-0.2, 0) is 16.0 Å². The number of benzene rings is 1. The molecule has 0 spiro atoms. The molecule has 26 heavy (non-hydrogen) atoms. The van der Waals surface area contributed by atoms with Gasteiger partial charge in [0.25, 0.3) is 0 Å². The maximum absolute atomic E-state index is 11.5. The second-order valence-corrected chi connectivity index (χ2v) is 6.86. The van der Waals surface area contributed by atoms with Gasteiger partial charge in [0, 0.05) is 28.6 Å². The highest BCUT2D eigenvalue weighted by atomic mass is 32.1. The molecule has 0 N–H and O–H groups in total. The van der Waals surface area contributed by atoms with Gasteiger partial charge in [-0.15, -0.1) is 11.3 Å². The van der Waals surface area contributed by atoms with E-state index in [-0.39, 0.29) is 12.4 Å². The van der Waals surface area contributed by atoms with Crippen LogP contribution in [0.3, 0.4) is 0 Å². The Morgan fingerprint density at radius 2 is 2.12 bits per heavy atom. The van der Waals surface area contributed by atoms with Crippen molar-refractivity contribution in [3.63, 3.8) is 0 Å². The van der Waals surface area contributed by atoms with Crippen molar-refractivity contribution in [3.05, 3.63) is 40.5 Å². The third-order valence-electron chi connectivity index (χ3n) is 3.95. The van der Waals surface area contributed by atoms with Gasteiger partial charge in [-0.05, 0) is 56.0 Å². The zero-order valence-electron chi connectivity index (χ0n) is 15.7. The number of carbonyl (C=O) groups is 1. The lowest BCUT2D eigenvalue weighted by Gasteiger charge is -2.10. The second kappa shape index (κ2) is 9.29. The molecule has 5 nitrogen and oxygen atoms in total. The lowest BCUT2D eigenvalue weighted by molar-refractivity contribution is -0.139. The Balaban J connectivity index is 2.07. The van der Waals surface area contributed by atoms with Gasteiger partial charge in [0.1, 0.15) is 5.75 Å². The summed E-state index contributed by atoms with van der Waals surface area (Å²) in [5.41, 5.74) is 3.89. The SMILES string of the molecule is C=N/C=C(C)\N=C(\C)CCOc1ccc2c(CC(=O)OC)csc2c1C. The highest BCUT2D eigenvalue weighted by molar-refractivity contribution is 7.17. The van der Waals surface area contributed by atoms with Crippen molar-refractivity contribution in [1.82, 2.24) is 0 Å². The van der Waals surface area contributed by atoms with Crippen molar-refractivity contribution in [2.24, 2.45) is 9.98 Å². The molecule has 0 aliphatic rings. The number of ether oxygens (including phenoxy) is 2. The van der Waals surface area contributed by atoms with E-state index in [0.717, 1.165) is 44.8 Å². The maximum atomic E-state index is 11.5. The molecule has 0 bridgehead atoms. The minimum Gasteiger partial charge on any atom is -0.493 e. The molecule has 0 aliphatic heterocycles. The number of hydrogen-bond donors (Lipinski definition) is 0. The van der Waals surface area contributed by atoms with Crippen LogP contribution in [0.15, 0.2) is 39.4 Å². The normalized spacial score (nSPS) is 12.3. The van der Waals surface area contributed by atoms with E-state index >= 15 is 0 Å². The van der Waals surface area contributed by atoms with Gasteiger partial charge in [0.05, 0.1) is 25.8 Å². The average Bonchev–Trinajstić information content (AvgIpc) is 3.00. The molecule has 6 heteroatoms. The van der Waals surface area contributed by atoms with Gasteiger partial charge in [-0.1, -0.05) is 0 Å². The van der Waals surface area contributed by atoms with Gasteiger partial charge in [-0.25, -0.2) is 0 Å². The fourth-order valence-corrected chi connectivity index (χ4v) is 3.69. The van der Waals surface area contributed by atoms with E-state index in [9.17, 15) is 4.79 Å². The molecule has 0 saturated heterocycles. The summed E-state index contributed by atoms with van der Waals surface area (Å²) in [5.74, 6) is 0.630. The largest absolute Gasteiger partial charge is 0.493 e. The number of aryl methyl sites for hydroxylation is 1. The van der Waals surface area contributed by atoms with Crippen LogP contribution >= 0.6 is 11.3 Å². The van der Waals surface area contributed by atoms with Crippen molar-refractivity contribution in [1.29, 1.82) is 0 Å². The van der Waals surface area contributed by atoms with E-state index in [4.69, 9.17) is 9.47 Å². The number of carbonyl (C=O) groups excluding carboxylic acids is 1. The Morgan fingerprint density at radius 1 is 1.35 bits per heavy atom. The Morgan fingerprint density at radius 3 is 2.81 bits per heavy atom. The number of allylic oxidation sites excluding steroid dienone is 1. The number of hydrogen-bond acceptors (Lipinski definition) is 6. The summed E-state index contributed by atoms with van der Waals surface area (Å²) in [5, 5.41) is 3.10. The molecule has 138 valence electrons. The zero-order chi connectivity index (χ0) is 19.1. The van der Waals surface area contributed by atoms with E-state index in [1.165, 1.54) is 7.11 Å². The molecule has 0 unspecified atom stereocenters. The first-order chi connectivity index (χ1) is 12.5. The maximum Gasteiger partial charge on any atom is 0.310 e. The van der Waals surface area contributed by atoms with Crippen LogP contribution in [0.4, 0.5) is 0 Å². The smallest absolute Gasteiger partial charge is 0.310 e. The van der Waals surface area contributed by atoms with Crippen LogP contribution in [0, 0.1) is 6.92 Å². The molecule has 0 atom stereocenters. The Labute approximate surface area is 158 Å². The summed E-state index contributed by atoms with van der Waals surface area (Å²) in [6, 6.07) is 3.97. The third-order valence-corrected chi connectivity index (χ3v) is 5.11. The number of methoxy groups -OCH3 is 1. The topological polar surface area (TPSA) is 60.2 Å². The fraction of sp³-hybridized carbons (Fsp3) is 0.350. The first kappa shape index (κ1) is 19.8. The van der Waals surface area contributed by atoms with Gasteiger partial charge in [-0.3, -0.25) is 14.8 Å². The first-order valence-electron chi connectivity index (χ1n) is 8.32. The molecule has 0 fully saturated rings. The molecule has 2 rings (SSSR count). The minimum absolute atomic E-state index is 0.228. The molecule has 1 aromatic heterocycles. The van der Waals surface area contributed by atoms with Gasteiger partial charge < -0.3 is 9.47 Å². The van der Waals surface area contributed by atoms with Crippen molar-refractivity contribution >= 4 is 39.8 Å². The van der Waals surface area contributed by atoms with Crippen molar-refractivity contribution in [2.75, 3.05) is 13.7 Å². The zero-order valence-corrected chi connectivity index (χ0v) is 16.5. The predicted octanol–water partition coefficient (Wildman–Crippen LogP) is 4.72. The molecular weight excluding hydrogens is 348 g/mol. The number of aliphatic imine (C=N–C) groups is 2. The van der Waals surface area contributed by atoms with Gasteiger partial charge in [0.2, 0.25) is 0 Å². The number of fused-ring (bicyclic) bond motifs is 1. The second-order valence-electron chi connectivity index (χ2n) is 5.98. The standard InChI is InChI=1S/C20H24N2O3S/c1-13(22-14(2)11-21-4)8-9-25-18-7-6-17-16(10-19(23)24-5)12-26-20(17)15(18)3/h6-7,11-12H,4,8-10H2,1-3,5H3/b14-11-,22-13-. The average molecular weight is 372 g/mol. The molecule has 0 amide bonds. The quantitative estimate of drug-likeness (QED) is 0.498. The lowest BCUT2D eigenvalue weighted by Crippen LogP contribution is -2.05. The lowest BCUT2D eigenvalue weighted by atomic mass is 10.1. The van der Waals surface area contributed by atoms with Crippen LogP contribution in [0.2, 0.25) is 0 Å². The number of rotatable bonds is 8. The predicted molar refractivity (Wildman–Crippen MR) is 109 cm³/mol. The van der Waals surface area contributed by atoms with Gasteiger partial charge in [-0.2, -0.15) is 0 Å². The van der Waals surface area contributed by atoms with Crippen molar-refractivity contribution in [2.45, 2.75) is 33.6 Å². The van der Waals surface area contributed by atoms with Crippen LogP contribution in [0.5, 0.6) is 5.75 Å². The third kappa shape index (κ3) is 5.02. The summed E-state index contributed by atoms with van der Waals surface area (Å²) in [4.78, 5) is 19.7. The molecule has 0 saturated carbocycles. The van der Waals surface area contributed by atoms with Crippen LogP contribution in [0.25, 0.3) is 10.1 Å². The Hall–Kier alpha value is -2.47. The van der Waals surface area contributed by atoms with E-state index < -0.39 is 0 Å². The van der Waals surface area contributed by atoms with Crippen LogP contribution in [0.1, 0.15) is 31.4 Å². The van der Waals surface area contributed by atoms with E-state index in [2.05, 4.69) is 16.7 Å². The number of nitrogens with zero attached hydrogens (tertiary/aromatic N) is 2. The van der Waals surface area contributed by atoms with Crippen molar-refractivity contribution < 1.29 is 14.3 Å². The van der Waals surface area contributed by atoms with Gasteiger partial charge in [0.15, 0.2) is 0 Å². The van der Waals surface area contributed by atoms with E-state index in [0.29, 0.717) is 6.61 Å².